The van der Waals surface area contributed by atoms with Crippen molar-refractivity contribution in [1.29, 1.82) is 0 Å². The number of hydrogen-bond donors (Lipinski definition) is 0. The minimum absolute atomic E-state index is 0.991. The van der Waals surface area contributed by atoms with Crippen molar-refractivity contribution in [3.8, 4) is 0 Å². The van der Waals surface area contributed by atoms with Gasteiger partial charge in [-0.1, -0.05) is 30.4 Å². The first-order valence-corrected chi connectivity index (χ1v) is 10.4. The van der Waals surface area contributed by atoms with E-state index in [1.54, 1.807) is 0 Å². The third-order valence-corrected chi connectivity index (χ3v) is 6.69. The van der Waals surface area contributed by atoms with Crippen LogP contribution in [0.15, 0.2) is 59.0 Å². The zero-order valence-corrected chi connectivity index (χ0v) is 16.6. The standard InChI is InChI=1S/C24H14INO/c25-13-9-10-20-16(11-13)17-12-18-14-5-2-4-8-21(14)27-24(18)22-15-6-1-3-7-19(15)26(20)23(17)22/h1-3,5-7,9-12H,4,8H2. The molecule has 0 fully saturated rings. The Labute approximate surface area is 168 Å². The number of hydrogen-bond acceptors (Lipinski definition) is 1. The van der Waals surface area contributed by atoms with Crippen LogP contribution in [0.1, 0.15) is 17.7 Å². The fourth-order valence-electron chi connectivity index (χ4n) is 4.93. The molecule has 0 spiro atoms. The first-order chi connectivity index (χ1) is 13.3. The summed E-state index contributed by atoms with van der Waals surface area (Å²) in [5.41, 5.74) is 6.13. The lowest BCUT2D eigenvalue weighted by molar-refractivity contribution is 0.549. The van der Waals surface area contributed by atoms with Crippen molar-refractivity contribution >= 4 is 77.7 Å². The quantitative estimate of drug-likeness (QED) is 0.221. The van der Waals surface area contributed by atoms with Gasteiger partial charge in [-0.2, -0.15) is 0 Å². The molecule has 0 aliphatic heterocycles. The van der Waals surface area contributed by atoms with Gasteiger partial charge in [0.25, 0.3) is 0 Å². The highest BCUT2D eigenvalue weighted by Crippen LogP contribution is 2.45. The Kier molecular flexibility index (Phi) is 2.60. The lowest BCUT2D eigenvalue weighted by Crippen LogP contribution is -1.88. The molecule has 0 amide bonds. The molecule has 0 saturated carbocycles. The van der Waals surface area contributed by atoms with Gasteiger partial charge in [-0.05, 0) is 59.3 Å². The molecule has 0 unspecified atom stereocenters. The van der Waals surface area contributed by atoms with E-state index < -0.39 is 0 Å². The van der Waals surface area contributed by atoms with Crippen LogP contribution in [0.25, 0.3) is 55.1 Å². The number of furan rings is 1. The van der Waals surface area contributed by atoms with Gasteiger partial charge in [0.2, 0.25) is 0 Å². The highest BCUT2D eigenvalue weighted by atomic mass is 127. The molecular formula is C24H14INO. The van der Waals surface area contributed by atoms with Crippen LogP contribution in [0.2, 0.25) is 0 Å². The fraction of sp³-hybridized carbons (Fsp3) is 0.0833. The Morgan fingerprint density at radius 1 is 0.889 bits per heavy atom. The Hall–Kier alpha value is -2.53. The Bertz CT molecular complexity index is 1580. The third-order valence-electron chi connectivity index (χ3n) is 6.02. The molecule has 27 heavy (non-hydrogen) atoms. The van der Waals surface area contributed by atoms with E-state index in [4.69, 9.17) is 4.42 Å². The van der Waals surface area contributed by atoms with Gasteiger partial charge in [-0.3, -0.25) is 0 Å². The summed E-state index contributed by atoms with van der Waals surface area (Å²) in [5, 5.41) is 6.43. The van der Waals surface area contributed by atoms with E-state index in [0.29, 0.717) is 0 Å². The number of aromatic nitrogens is 1. The normalized spacial score (nSPS) is 14.4. The monoisotopic (exact) mass is 459 g/mol. The van der Waals surface area contributed by atoms with Gasteiger partial charge in [0.1, 0.15) is 11.3 Å². The molecule has 0 radical (unpaired) electrons. The Balaban J connectivity index is 1.89. The van der Waals surface area contributed by atoms with E-state index in [-0.39, 0.29) is 0 Å². The molecule has 3 heterocycles. The lowest BCUT2D eigenvalue weighted by Gasteiger charge is -2.01. The molecule has 1 aliphatic rings. The minimum atomic E-state index is 0.991. The molecule has 7 rings (SSSR count). The summed E-state index contributed by atoms with van der Waals surface area (Å²) in [6.07, 6.45) is 6.56. The van der Waals surface area contributed by atoms with E-state index in [0.717, 1.165) is 24.2 Å². The second-order valence-corrected chi connectivity index (χ2v) is 8.66. The van der Waals surface area contributed by atoms with E-state index in [1.165, 1.54) is 52.6 Å². The molecule has 0 saturated heterocycles. The molecule has 2 nitrogen and oxygen atoms in total. The highest BCUT2D eigenvalue weighted by Gasteiger charge is 2.24. The number of halogens is 1. The van der Waals surface area contributed by atoms with Gasteiger partial charge >= 0.3 is 0 Å². The summed E-state index contributed by atoms with van der Waals surface area (Å²) in [7, 11) is 0. The number of para-hydroxylation sites is 1. The average Bonchev–Trinajstić information content (AvgIpc) is 3.33. The third kappa shape index (κ3) is 1.67. The van der Waals surface area contributed by atoms with Gasteiger partial charge < -0.3 is 8.82 Å². The second-order valence-electron chi connectivity index (χ2n) is 7.42. The Morgan fingerprint density at radius 2 is 1.78 bits per heavy atom. The van der Waals surface area contributed by atoms with E-state index in [1.807, 2.05) is 0 Å². The van der Waals surface area contributed by atoms with Crippen molar-refractivity contribution in [2.45, 2.75) is 12.8 Å². The van der Waals surface area contributed by atoms with Crippen LogP contribution in [0.3, 0.4) is 0 Å². The van der Waals surface area contributed by atoms with Crippen molar-refractivity contribution in [3.05, 3.63) is 69.5 Å². The van der Waals surface area contributed by atoms with Crippen LogP contribution in [-0.4, -0.2) is 4.40 Å². The van der Waals surface area contributed by atoms with Crippen molar-refractivity contribution in [2.75, 3.05) is 0 Å². The van der Waals surface area contributed by atoms with E-state index >= 15 is 0 Å². The van der Waals surface area contributed by atoms with Crippen molar-refractivity contribution in [3.63, 3.8) is 0 Å². The maximum absolute atomic E-state index is 6.46. The van der Waals surface area contributed by atoms with Gasteiger partial charge in [-0.25, -0.2) is 0 Å². The summed E-state index contributed by atoms with van der Waals surface area (Å²) in [6, 6.07) is 17.8. The molecule has 3 heteroatoms. The minimum Gasteiger partial charge on any atom is -0.460 e. The molecule has 0 atom stereocenters. The van der Waals surface area contributed by atoms with Crippen molar-refractivity contribution in [2.24, 2.45) is 0 Å². The van der Waals surface area contributed by atoms with Crippen LogP contribution in [-0.2, 0) is 6.42 Å². The molecule has 1 aliphatic carbocycles. The summed E-state index contributed by atoms with van der Waals surface area (Å²) in [5.74, 6) is 1.13. The van der Waals surface area contributed by atoms with Crippen molar-refractivity contribution in [1.82, 2.24) is 4.40 Å². The maximum atomic E-state index is 6.46. The van der Waals surface area contributed by atoms with Crippen LogP contribution >= 0.6 is 22.6 Å². The van der Waals surface area contributed by atoms with Crippen LogP contribution in [0.5, 0.6) is 0 Å². The first kappa shape index (κ1) is 14.5. The average molecular weight is 459 g/mol. The number of fused-ring (bicyclic) bond motifs is 10. The van der Waals surface area contributed by atoms with Crippen LogP contribution < -0.4 is 0 Å². The lowest BCUT2D eigenvalue weighted by atomic mass is 9.99. The number of benzene rings is 3. The van der Waals surface area contributed by atoms with Gasteiger partial charge in [0.15, 0.2) is 0 Å². The SMILES string of the molecule is Ic1ccc2c(c1)c1cc3c4c(oc3c3c5ccccc5n2c13)CCC=C4. The van der Waals surface area contributed by atoms with E-state index in [2.05, 4.69) is 87.7 Å². The number of allylic oxidation sites excluding steroid dienone is 1. The van der Waals surface area contributed by atoms with Gasteiger partial charge in [0, 0.05) is 37.1 Å². The maximum Gasteiger partial charge on any atom is 0.144 e. The molecule has 3 aromatic heterocycles. The zero-order valence-electron chi connectivity index (χ0n) is 14.4. The number of aryl methyl sites for hydroxylation is 1. The number of rotatable bonds is 0. The fourth-order valence-corrected chi connectivity index (χ4v) is 5.42. The van der Waals surface area contributed by atoms with Gasteiger partial charge in [-0.15, -0.1) is 0 Å². The topological polar surface area (TPSA) is 17.6 Å². The predicted octanol–water partition coefficient (Wildman–Crippen LogP) is 7.15. The summed E-state index contributed by atoms with van der Waals surface area (Å²) >= 11 is 2.41. The van der Waals surface area contributed by atoms with Crippen LogP contribution in [0.4, 0.5) is 0 Å². The molecule has 6 aromatic rings. The second kappa shape index (κ2) is 4.84. The molecule has 0 bridgehead atoms. The van der Waals surface area contributed by atoms with E-state index in [9.17, 15) is 0 Å². The largest absolute Gasteiger partial charge is 0.460 e. The molecule has 0 N–H and O–H groups in total. The molecule has 128 valence electrons. The zero-order chi connectivity index (χ0) is 17.7. The first-order valence-electron chi connectivity index (χ1n) is 9.29. The van der Waals surface area contributed by atoms with Crippen LogP contribution in [0, 0.1) is 3.57 Å². The van der Waals surface area contributed by atoms with Crippen molar-refractivity contribution < 1.29 is 4.42 Å². The summed E-state index contributed by atoms with van der Waals surface area (Å²) in [4.78, 5) is 0. The highest BCUT2D eigenvalue weighted by molar-refractivity contribution is 14.1. The molecular weight excluding hydrogens is 445 g/mol. The van der Waals surface area contributed by atoms with Gasteiger partial charge in [0.05, 0.1) is 21.9 Å². The summed E-state index contributed by atoms with van der Waals surface area (Å²) in [6.45, 7) is 0. The Morgan fingerprint density at radius 3 is 2.74 bits per heavy atom. The summed E-state index contributed by atoms with van der Waals surface area (Å²) < 4.78 is 10.2. The predicted molar refractivity (Wildman–Crippen MR) is 121 cm³/mol. The smallest absolute Gasteiger partial charge is 0.144 e. The number of nitrogens with zero attached hydrogens (tertiary/aromatic N) is 1. The molecule has 3 aromatic carbocycles.